The highest BCUT2D eigenvalue weighted by Gasteiger charge is 2.40. The quantitative estimate of drug-likeness (QED) is 0.810. The molecule has 1 unspecified atom stereocenters. The average molecular weight is 380 g/mol. The Bertz CT molecular complexity index is 953. The van der Waals surface area contributed by atoms with Crippen LogP contribution in [0.1, 0.15) is 34.6 Å². The van der Waals surface area contributed by atoms with Crippen molar-refractivity contribution in [3.05, 3.63) is 47.5 Å². The number of carbonyl (C=O) groups is 3. The summed E-state index contributed by atoms with van der Waals surface area (Å²) in [7, 11) is 0. The smallest absolute Gasteiger partial charge is 0.269 e. The average Bonchev–Trinajstić information content (AvgIpc) is 2.91. The highest BCUT2D eigenvalue weighted by molar-refractivity contribution is 6.21. The third kappa shape index (κ3) is 2.77. The lowest BCUT2D eigenvalue weighted by Gasteiger charge is -2.35. The Balaban J connectivity index is 1.61. The standard InChI is InChI=1S/C20H20N4O4/c1-11(2)16-20(27)23(17-14(28-16)7-8-15(21)22-17)9-10-24-18(25)12-5-3-4-6-13(12)19(24)26/h3-8,11,16H,9-10H2,1-2H3,(H2,21,22). The van der Waals surface area contributed by atoms with Gasteiger partial charge in [0, 0.05) is 13.1 Å². The number of imide groups is 1. The molecule has 0 spiro atoms. The molecule has 2 aliphatic heterocycles. The largest absolute Gasteiger partial charge is 0.476 e. The van der Waals surface area contributed by atoms with Crippen LogP contribution >= 0.6 is 0 Å². The van der Waals surface area contributed by atoms with Gasteiger partial charge in [0.05, 0.1) is 11.1 Å². The van der Waals surface area contributed by atoms with Crippen molar-refractivity contribution in [1.29, 1.82) is 0 Å². The van der Waals surface area contributed by atoms with E-state index in [-0.39, 0.29) is 42.5 Å². The molecule has 1 atom stereocenters. The van der Waals surface area contributed by atoms with Crippen LogP contribution in [-0.4, -0.2) is 46.8 Å². The Morgan fingerprint density at radius 1 is 1.00 bits per heavy atom. The van der Waals surface area contributed by atoms with Gasteiger partial charge >= 0.3 is 0 Å². The highest BCUT2D eigenvalue weighted by atomic mass is 16.5. The molecule has 0 bridgehead atoms. The molecule has 8 heteroatoms. The van der Waals surface area contributed by atoms with E-state index in [1.54, 1.807) is 36.4 Å². The van der Waals surface area contributed by atoms with Crippen LogP contribution in [0.4, 0.5) is 11.6 Å². The van der Waals surface area contributed by atoms with Crippen LogP contribution in [0.15, 0.2) is 36.4 Å². The van der Waals surface area contributed by atoms with E-state index in [4.69, 9.17) is 10.5 Å². The number of ether oxygens (including phenoxy) is 1. The third-order valence-corrected chi connectivity index (χ3v) is 4.91. The maximum Gasteiger partial charge on any atom is 0.269 e. The van der Waals surface area contributed by atoms with Gasteiger partial charge in [0.1, 0.15) is 5.82 Å². The number of fused-ring (bicyclic) bond motifs is 2. The first-order chi connectivity index (χ1) is 13.4. The van der Waals surface area contributed by atoms with E-state index >= 15 is 0 Å². The number of nitrogen functional groups attached to an aromatic ring is 1. The van der Waals surface area contributed by atoms with Crippen LogP contribution in [-0.2, 0) is 4.79 Å². The first-order valence-electron chi connectivity index (χ1n) is 9.08. The SMILES string of the molecule is CC(C)C1Oc2ccc(N)nc2N(CCN2C(=O)c3ccccc3C2=O)C1=O. The number of anilines is 2. The van der Waals surface area contributed by atoms with Crippen LogP contribution in [0.25, 0.3) is 0 Å². The predicted octanol–water partition coefficient (Wildman–Crippen LogP) is 1.71. The summed E-state index contributed by atoms with van der Waals surface area (Å²) in [5.74, 6) is -0.0283. The fraction of sp³-hybridized carbons (Fsp3) is 0.300. The number of amides is 3. The second-order valence-corrected chi connectivity index (χ2v) is 7.14. The number of carbonyl (C=O) groups excluding carboxylic acids is 3. The van der Waals surface area contributed by atoms with Crippen molar-refractivity contribution in [2.75, 3.05) is 23.7 Å². The van der Waals surface area contributed by atoms with Crippen molar-refractivity contribution in [3.8, 4) is 5.75 Å². The summed E-state index contributed by atoms with van der Waals surface area (Å²) in [6.07, 6.45) is -0.667. The maximum absolute atomic E-state index is 13.0. The summed E-state index contributed by atoms with van der Waals surface area (Å²) < 4.78 is 5.80. The number of hydrogen-bond donors (Lipinski definition) is 1. The second-order valence-electron chi connectivity index (χ2n) is 7.14. The lowest BCUT2D eigenvalue weighted by molar-refractivity contribution is -0.128. The van der Waals surface area contributed by atoms with Gasteiger partial charge in [-0.15, -0.1) is 0 Å². The molecule has 28 heavy (non-hydrogen) atoms. The molecule has 2 aliphatic rings. The van der Waals surface area contributed by atoms with Crippen LogP contribution in [0.5, 0.6) is 5.75 Å². The summed E-state index contributed by atoms with van der Waals surface area (Å²) in [4.78, 5) is 44.9. The molecule has 0 saturated heterocycles. The van der Waals surface area contributed by atoms with Crippen LogP contribution in [0, 0.1) is 5.92 Å². The molecule has 1 aromatic carbocycles. The van der Waals surface area contributed by atoms with E-state index in [1.165, 1.54) is 4.90 Å². The van der Waals surface area contributed by atoms with E-state index < -0.39 is 6.10 Å². The minimum Gasteiger partial charge on any atom is -0.476 e. The van der Waals surface area contributed by atoms with Gasteiger partial charge in [0.2, 0.25) is 0 Å². The lowest BCUT2D eigenvalue weighted by Crippen LogP contribution is -2.51. The number of benzene rings is 1. The molecule has 144 valence electrons. The van der Waals surface area contributed by atoms with Crippen molar-refractivity contribution >= 4 is 29.4 Å². The Kier molecular flexibility index (Phi) is 4.26. The van der Waals surface area contributed by atoms with Gasteiger partial charge in [0.15, 0.2) is 17.7 Å². The molecular weight excluding hydrogens is 360 g/mol. The zero-order valence-electron chi connectivity index (χ0n) is 15.6. The summed E-state index contributed by atoms with van der Waals surface area (Å²) in [6, 6.07) is 9.97. The summed E-state index contributed by atoms with van der Waals surface area (Å²) >= 11 is 0. The number of nitrogens with two attached hydrogens (primary N) is 1. The van der Waals surface area contributed by atoms with E-state index in [0.29, 0.717) is 22.7 Å². The van der Waals surface area contributed by atoms with Gasteiger partial charge in [-0.2, -0.15) is 0 Å². The Hall–Kier alpha value is -3.42. The molecule has 3 heterocycles. The van der Waals surface area contributed by atoms with Gasteiger partial charge in [-0.1, -0.05) is 26.0 Å². The number of rotatable bonds is 4. The Labute approximate surface area is 161 Å². The van der Waals surface area contributed by atoms with E-state index in [2.05, 4.69) is 4.98 Å². The molecule has 0 radical (unpaired) electrons. The van der Waals surface area contributed by atoms with Gasteiger partial charge in [-0.3, -0.25) is 24.2 Å². The van der Waals surface area contributed by atoms with Crippen molar-refractivity contribution in [3.63, 3.8) is 0 Å². The zero-order valence-corrected chi connectivity index (χ0v) is 15.6. The second kappa shape index (κ2) is 6.63. The molecule has 1 aromatic heterocycles. The van der Waals surface area contributed by atoms with Crippen LogP contribution in [0.3, 0.4) is 0 Å². The predicted molar refractivity (Wildman–Crippen MR) is 102 cm³/mol. The molecular formula is C20H20N4O4. The van der Waals surface area contributed by atoms with Crippen LogP contribution < -0.4 is 15.4 Å². The summed E-state index contributed by atoms with van der Waals surface area (Å²) in [6.45, 7) is 3.94. The van der Waals surface area contributed by atoms with Crippen molar-refractivity contribution in [2.45, 2.75) is 20.0 Å². The minimum atomic E-state index is -0.667. The van der Waals surface area contributed by atoms with Gasteiger partial charge in [-0.05, 0) is 30.2 Å². The molecule has 2 N–H and O–H groups in total. The number of nitrogens with zero attached hydrogens (tertiary/aromatic N) is 3. The normalized spacial score (nSPS) is 18.4. The Morgan fingerprint density at radius 3 is 2.21 bits per heavy atom. The molecule has 8 nitrogen and oxygen atoms in total. The molecule has 3 amide bonds. The fourth-order valence-corrected chi connectivity index (χ4v) is 3.46. The topological polar surface area (TPSA) is 106 Å². The van der Waals surface area contributed by atoms with Crippen molar-refractivity contribution in [1.82, 2.24) is 9.88 Å². The third-order valence-electron chi connectivity index (χ3n) is 4.91. The van der Waals surface area contributed by atoms with Crippen molar-refractivity contribution in [2.24, 2.45) is 5.92 Å². The highest BCUT2D eigenvalue weighted by Crippen LogP contribution is 2.35. The number of pyridine rings is 1. The summed E-state index contributed by atoms with van der Waals surface area (Å²) in [5, 5.41) is 0. The minimum absolute atomic E-state index is 0.0544. The van der Waals surface area contributed by atoms with Gasteiger partial charge in [0.25, 0.3) is 17.7 Å². The van der Waals surface area contributed by atoms with E-state index in [0.717, 1.165) is 4.90 Å². The van der Waals surface area contributed by atoms with E-state index in [1.807, 2.05) is 13.8 Å². The first-order valence-corrected chi connectivity index (χ1v) is 9.08. The summed E-state index contributed by atoms with van der Waals surface area (Å²) in [5.41, 5.74) is 6.54. The zero-order chi connectivity index (χ0) is 20.0. The molecule has 2 aromatic rings. The molecule has 0 fully saturated rings. The monoisotopic (exact) mass is 380 g/mol. The Morgan fingerprint density at radius 2 is 1.61 bits per heavy atom. The molecule has 0 saturated carbocycles. The molecule has 0 aliphatic carbocycles. The van der Waals surface area contributed by atoms with Crippen LogP contribution in [0.2, 0.25) is 0 Å². The van der Waals surface area contributed by atoms with Gasteiger partial charge < -0.3 is 10.5 Å². The van der Waals surface area contributed by atoms with Crippen molar-refractivity contribution < 1.29 is 19.1 Å². The number of hydrogen-bond acceptors (Lipinski definition) is 6. The number of aromatic nitrogens is 1. The fourth-order valence-electron chi connectivity index (χ4n) is 3.46. The maximum atomic E-state index is 13.0. The first kappa shape index (κ1) is 18.0. The van der Waals surface area contributed by atoms with E-state index in [9.17, 15) is 14.4 Å². The lowest BCUT2D eigenvalue weighted by atomic mass is 10.0. The van der Waals surface area contributed by atoms with Gasteiger partial charge in [-0.25, -0.2) is 4.98 Å². The molecule has 4 rings (SSSR count).